The molecule has 0 aliphatic carbocycles. The number of hydrogen-bond acceptors (Lipinski definition) is 4. The SMILES string of the molecule is CN(C)CCNc1ccc(NC(=O)c2cccc(F)c2)cn1. The molecule has 1 amide bonds. The van der Waals surface area contributed by atoms with Gasteiger partial charge in [0.25, 0.3) is 5.91 Å². The molecule has 2 aromatic rings. The molecule has 0 radical (unpaired) electrons. The van der Waals surface area contributed by atoms with Crippen LogP contribution in [0.5, 0.6) is 0 Å². The summed E-state index contributed by atoms with van der Waals surface area (Å²) in [5.41, 5.74) is 0.834. The van der Waals surface area contributed by atoms with Gasteiger partial charge in [-0.2, -0.15) is 0 Å². The summed E-state index contributed by atoms with van der Waals surface area (Å²) in [5.74, 6) is -0.0635. The number of hydrogen-bond donors (Lipinski definition) is 2. The van der Waals surface area contributed by atoms with E-state index >= 15 is 0 Å². The number of likely N-dealkylation sites (N-methyl/N-ethyl adjacent to an activating group) is 1. The highest BCUT2D eigenvalue weighted by atomic mass is 19.1. The van der Waals surface area contributed by atoms with Crippen LogP contribution in [0, 0.1) is 5.82 Å². The summed E-state index contributed by atoms with van der Waals surface area (Å²) in [6.07, 6.45) is 1.56. The number of pyridine rings is 1. The maximum absolute atomic E-state index is 13.1. The first-order valence-electron chi connectivity index (χ1n) is 6.96. The molecule has 0 aliphatic heterocycles. The summed E-state index contributed by atoms with van der Waals surface area (Å²) in [5, 5.41) is 5.86. The Balaban J connectivity index is 1.92. The molecule has 6 heteroatoms. The third-order valence-electron chi connectivity index (χ3n) is 2.97. The number of rotatable bonds is 6. The van der Waals surface area contributed by atoms with Crippen molar-refractivity contribution in [3.8, 4) is 0 Å². The Hall–Kier alpha value is -2.47. The fourth-order valence-corrected chi connectivity index (χ4v) is 1.81. The maximum atomic E-state index is 13.1. The van der Waals surface area contributed by atoms with Gasteiger partial charge in [-0.05, 0) is 44.4 Å². The standard InChI is InChI=1S/C16H19FN4O/c1-21(2)9-8-18-15-7-6-14(11-19-15)20-16(22)12-4-3-5-13(17)10-12/h3-7,10-11H,8-9H2,1-2H3,(H,18,19)(H,20,22). The Labute approximate surface area is 129 Å². The third kappa shape index (κ3) is 4.82. The third-order valence-corrected chi connectivity index (χ3v) is 2.97. The van der Waals surface area contributed by atoms with Crippen LogP contribution in [-0.2, 0) is 0 Å². The van der Waals surface area contributed by atoms with Crippen LogP contribution in [0.2, 0.25) is 0 Å². The normalized spacial score (nSPS) is 10.5. The van der Waals surface area contributed by atoms with Crippen LogP contribution in [0.25, 0.3) is 0 Å². The second-order valence-corrected chi connectivity index (χ2v) is 5.13. The Morgan fingerprint density at radius 1 is 1.27 bits per heavy atom. The number of amides is 1. The lowest BCUT2D eigenvalue weighted by atomic mass is 10.2. The van der Waals surface area contributed by atoms with Crippen molar-refractivity contribution < 1.29 is 9.18 Å². The van der Waals surface area contributed by atoms with Crippen LogP contribution in [-0.4, -0.2) is 43.0 Å². The lowest BCUT2D eigenvalue weighted by Crippen LogP contribution is -2.21. The molecule has 0 bridgehead atoms. The largest absolute Gasteiger partial charge is 0.369 e. The molecule has 0 aliphatic rings. The molecule has 1 heterocycles. The number of halogens is 1. The van der Waals surface area contributed by atoms with Crippen molar-refractivity contribution in [3.63, 3.8) is 0 Å². The van der Waals surface area contributed by atoms with Crippen molar-refractivity contribution in [2.45, 2.75) is 0 Å². The van der Waals surface area contributed by atoms with E-state index in [1.165, 1.54) is 18.2 Å². The summed E-state index contributed by atoms with van der Waals surface area (Å²) in [6.45, 7) is 1.69. The number of carbonyl (C=O) groups excluding carboxylic acids is 1. The van der Waals surface area contributed by atoms with Gasteiger partial charge in [0.15, 0.2) is 0 Å². The average Bonchev–Trinajstić information content (AvgIpc) is 2.48. The van der Waals surface area contributed by atoms with E-state index < -0.39 is 5.82 Å². The second kappa shape index (κ2) is 7.51. The minimum Gasteiger partial charge on any atom is -0.369 e. The fourth-order valence-electron chi connectivity index (χ4n) is 1.81. The Morgan fingerprint density at radius 3 is 2.73 bits per heavy atom. The van der Waals surface area contributed by atoms with Crippen molar-refractivity contribution >= 4 is 17.4 Å². The number of carbonyl (C=O) groups is 1. The van der Waals surface area contributed by atoms with E-state index in [4.69, 9.17) is 0 Å². The molecule has 1 aromatic heterocycles. The molecule has 2 rings (SSSR count). The molecule has 0 spiro atoms. The number of anilines is 2. The van der Waals surface area contributed by atoms with Crippen LogP contribution >= 0.6 is 0 Å². The summed E-state index contributed by atoms with van der Waals surface area (Å²) in [4.78, 5) is 18.3. The van der Waals surface area contributed by atoms with Gasteiger partial charge >= 0.3 is 0 Å². The van der Waals surface area contributed by atoms with Gasteiger partial charge in [0.2, 0.25) is 0 Å². The van der Waals surface area contributed by atoms with E-state index in [0.29, 0.717) is 5.69 Å². The minimum atomic E-state index is -0.439. The van der Waals surface area contributed by atoms with Gasteiger partial charge in [0, 0.05) is 18.7 Å². The first-order chi connectivity index (χ1) is 10.5. The van der Waals surface area contributed by atoms with Crippen LogP contribution in [0.4, 0.5) is 15.9 Å². The van der Waals surface area contributed by atoms with Gasteiger partial charge in [0.05, 0.1) is 11.9 Å². The maximum Gasteiger partial charge on any atom is 0.255 e. The van der Waals surface area contributed by atoms with Crippen LogP contribution in [0.1, 0.15) is 10.4 Å². The minimum absolute atomic E-state index is 0.271. The fraction of sp³-hybridized carbons (Fsp3) is 0.250. The Kier molecular flexibility index (Phi) is 5.43. The zero-order valence-electron chi connectivity index (χ0n) is 12.6. The highest BCUT2D eigenvalue weighted by Gasteiger charge is 2.07. The molecule has 116 valence electrons. The first kappa shape index (κ1) is 15.9. The molecule has 0 atom stereocenters. The molecule has 5 nitrogen and oxygen atoms in total. The molecule has 0 saturated heterocycles. The van der Waals surface area contributed by atoms with Gasteiger partial charge < -0.3 is 15.5 Å². The van der Waals surface area contributed by atoms with Gasteiger partial charge in [-0.25, -0.2) is 9.37 Å². The van der Waals surface area contributed by atoms with Gasteiger partial charge in [-0.1, -0.05) is 6.07 Å². The summed E-state index contributed by atoms with van der Waals surface area (Å²) >= 11 is 0. The Bertz CT molecular complexity index is 628. The number of nitrogens with zero attached hydrogens (tertiary/aromatic N) is 2. The number of nitrogens with one attached hydrogen (secondary N) is 2. The number of aromatic nitrogens is 1. The molecule has 2 N–H and O–H groups in total. The van der Waals surface area contributed by atoms with Crippen LogP contribution in [0.3, 0.4) is 0 Å². The molecule has 0 unspecified atom stereocenters. The van der Waals surface area contributed by atoms with Crippen molar-refractivity contribution in [2.75, 3.05) is 37.8 Å². The summed E-state index contributed by atoms with van der Waals surface area (Å²) in [7, 11) is 4.00. The Morgan fingerprint density at radius 2 is 2.09 bits per heavy atom. The molecule has 0 saturated carbocycles. The highest BCUT2D eigenvalue weighted by Crippen LogP contribution is 2.12. The molecular formula is C16H19FN4O. The monoisotopic (exact) mass is 302 g/mol. The first-order valence-corrected chi connectivity index (χ1v) is 6.96. The lowest BCUT2D eigenvalue weighted by Gasteiger charge is -2.11. The van der Waals surface area contributed by atoms with E-state index in [1.807, 2.05) is 14.1 Å². The summed E-state index contributed by atoms with van der Waals surface area (Å²) < 4.78 is 13.1. The predicted molar refractivity (Wildman–Crippen MR) is 85.6 cm³/mol. The molecule has 22 heavy (non-hydrogen) atoms. The van der Waals surface area contributed by atoms with E-state index in [-0.39, 0.29) is 11.5 Å². The lowest BCUT2D eigenvalue weighted by molar-refractivity contribution is 0.102. The van der Waals surface area contributed by atoms with Gasteiger partial charge in [-0.3, -0.25) is 4.79 Å². The second-order valence-electron chi connectivity index (χ2n) is 5.13. The van der Waals surface area contributed by atoms with Gasteiger partial charge in [0.1, 0.15) is 11.6 Å². The molecule has 1 aromatic carbocycles. The van der Waals surface area contributed by atoms with Crippen molar-refractivity contribution in [1.82, 2.24) is 9.88 Å². The van der Waals surface area contributed by atoms with Crippen LogP contribution < -0.4 is 10.6 Å². The zero-order valence-corrected chi connectivity index (χ0v) is 12.6. The average molecular weight is 302 g/mol. The van der Waals surface area contributed by atoms with Crippen molar-refractivity contribution in [1.29, 1.82) is 0 Å². The smallest absolute Gasteiger partial charge is 0.255 e. The quantitative estimate of drug-likeness (QED) is 0.860. The summed E-state index contributed by atoms with van der Waals surface area (Å²) in [6, 6.07) is 9.09. The van der Waals surface area contributed by atoms with Crippen LogP contribution in [0.15, 0.2) is 42.6 Å². The van der Waals surface area contributed by atoms with Crippen molar-refractivity contribution in [3.05, 3.63) is 54.0 Å². The van der Waals surface area contributed by atoms with Gasteiger partial charge in [-0.15, -0.1) is 0 Å². The van der Waals surface area contributed by atoms with Crippen molar-refractivity contribution in [2.24, 2.45) is 0 Å². The topological polar surface area (TPSA) is 57.3 Å². The van der Waals surface area contributed by atoms with E-state index in [9.17, 15) is 9.18 Å². The van der Waals surface area contributed by atoms with E-state index in [2.05, 4.69) is 20.5 Å². The predicted octanol–water partition coefficient (Wildman–Crippen LogP) is 2.45. The highest BCUT2D eigenvalue weighted by molar-refractivity contribution is 6.04. The van der Waals surface area contributed by atoms with E-state index in [0.717, 1.165) is 18.9 Å². The molecule has 0 fully saturated rings. The molecular weight excluding hydrogens is 283 g/mol. The van der Waals surface area contributed by atoms with E-state index in [1.54, 1.807) is 24.4 Å². The number of benzene rings is 1. The zero-order chi connectivity index (χ0) is 15.9.